The third-order valence-corrected chi connectivity index (χ3v) is 6.07. The first-order valence-electron chi connectivity index (χ1n) is 10.7. The summed E-state index contributed by atoms with van der Waals surface area (Å²) in [6.45, 7) is -0.885. The summed E-state index contributed by atoms with van der Waals surface area (Å²) >= 11 is 0. The maximum absolute atomic E-state index is 14.3. The van der Waals surface area contributed by atoms with Crippen molar-refractivity contribution in [3.8, 4) is 0 Å². The Kier molecular flexibility index (Phi) is 5.58. The molecule has 0 radical (unpaired) electrons. The minimum Gasteiger partial charge on any atom is -0.394 e. The zero-order chi connectivity index (χ0) is 25.8. The Morgan fingerprint density at radius 2 is 1.67 bits per heavy atom. The summed E-state index contributed by atoms with van der Waals surface area (Å²) in [5.41, 5.74) is -0.515. The van der Waals surface area contributed by atoms with Gasteiger partial charge in [-0.15, -0.1) is 0 Å². The number of alkyl halides is 2. The van der Waals surface area contributed by atoms with Gasteiger partial charge in [-0.25, -0.2) is 4.79 Å². The van der Waals surface area contributed by atoms with Gasteiger partial charge in [0.05, 0.1) is 6.61 Å². The molecule has 3 atom stereocenters. The van der Waals surface area contributed by atoms with Crippen molar-refractivity contribution >= 4 is 23.3 Å². The molecule has 0 unspecified atom stereocenters. The molecule has 0 spiro atoms. The first kappa shape index (κ1) is 23.6. The average molecular weight is 497 g/mol. The molecule has 1 fully saturated rings. The van der Waals surface area contributed by atoms with E-state index in [1.807, 2.05) is 0 Å². The normalized spacial score (nSPS) is 22.2. The number of fused-ring (bicyclic) bond motifs is 2. The van der Waals surface area contributed by atoms with Crippen LogP contribution in [0.25, 0.3) is 0 Å². The van der Waals surface area contributed by atoms with Gasteiger partial charge in [0.2, 0.25) is 6.23 Å². The van der Waals surface area contributed by atoms with Crippen LogP contribution in [0, 0.1) is 0 Å². The molecule has 2 aliphatic rings. The van der Waals surface area contributed by atoms with Crippen LogP contribution in [0.4, 0.5) is 14.6 Å². The molecule has 12 heteroatoms. The number of aliphatic hydroxyl groups is 2. The lowest BCUT2D eigenvalue weighted by atomic mass is 9.83. The highest BCUT2D eigenvalue weighted by Gasteiger charge is 2.59. The van der Waals surface area contributed by atoms with Crippen molar-refractivity contribution in [2.75, 3.05) is 11.9 Å². The number of ether oxygens (including phenoxy) is 1. The number of benzene rings is 2. The lowest BCUT2D eigenvalue weighted by Crippen LogP contribution is -2.41. The molecule has 1 saturated heterocycles. The third-order valence-electron chi connectivity index (χ3n) is 6.07. The quantitative estimate of drug-likeness (QED) is 0.381. The summed E-state index contributed by atoms with van der Waals surface area (Å²) in [5.74, 6) is -5.68. The van der Waals surface area contributed by atoms with Crippen LogP contribution in [0.3, 0.4) is 0 Å². The first-order chi connectivity index (χ1) is 17.1. The van der Waals surface area contributed by atoms with Gasteiger partial charge < -0.3 is 20.3 Å². The van der Waals surface area contributed by atoms with Crippen molar-refractivity contribution in [3.05, 3.63) is 93.0 Å². The molecule has 1 aromatic heterocycles. The van der Waals surface area contributed by atoms with Crippen LogP contribution in [0.5, 0.6) is 0 Å². The van der Waals surface area contributed by atoms with E-state index in [0.717, 1.165) is 12.3 Å². The second-order valence-corrected chi connectivity index (χ2v) is 8.25. The number of carbonyl (C=O) groups excluding carboxylic acids is 3. The fourth-order valence-corrected chi connectivity index (χ4v) is 4.21. The minimum absolute atomic E-state index is 0.000158. The number of halogens is 2. The Bertz CT molecular complexity index is 1490. The summed E-state index contributed by atoms with van der Waals surface area (Å²) in [4.78, 5) is 54.3. The monoisotopic (exact) mass is 497 g/mol. The Balaban J connectivity index is 1.39. The molecular weight excluding hydrogens is 480 g/mol. The molecule has 1 aliphatic heterocycles. The largest absolute Gasteiger partial charge is 0.394 e. The molecule has 1 amide bonds. The number of anilines is 1. The molecule has 3 N–H and O–H groups in total. The molecule has 1 aliphatic carbocycles. The summed E-state index contributed by atoms with van der Waals surface area (Å²) in [6.07, 6.45) is -5.23. The molecule has 3 aromatic rings. The maximum Gasteiger partial charge on any atom is 0.351 e. The van der Waals surface area contributed by atoms with Crippen molar-refractivity contribution in [3.63, 3.8) is 0 Å². The molecule has 2 aromatic carbocycles. The van der Waals surface area contributed by atoms with Gasteiger partial charge >= 0.3 is 11.6 Å². The molecule has 5 rings (SSSR count). The van der Waals surface area contributed by atoms with Gasteiger partial charge in [-0.3, -0.25) is 19.0 Å². The van der Waals surface area contributed by atoms with Gasteiger partial charge in [0, 0.05) is 34.0 Å². The molecule has 0 saturated carbocycles. The minimum atomic E-state index is -3.88. The van der Waals surface area contributed by atoms with Crippen LogP contribution >= 0.6 is 0 Å². The predicted molar refractivity (Wildman–Crippen MR) is 118 cm³/mol. The number of aromatic nitrogens is 2. The van der Waals surface area contributed by atoms with E-state index in [1.54, 1.807) is 18.2 Å². The van der Waals surface area contributed by atoms with E-state index in [2.05, 4.69) is 10.3 Å². The summed E-state index contributed by atoms with van der Waals surface area (Å²) < 4.78 is 34.0. The van der Waals surface area contributed by atoms with E-state index >= 15 is 0 Å². The fourth-order valence-electron chi connectivity index (χ4n) is 4.21. The van der Waals surface area contributed by atoms with E-state index < -0.39 is 48.3 Å². The summed E-state index contributed by atoms with van der Waals surface area (Å²) in [7, 11) is 0. The predicted octanol–water partition coefficient (Wildman–Crippen LogP) is 1.16. The number of hydrogen-bond acceptors (Lipinski definition) is 8. The number of aliphatic hydroxyl groups excluding tert-OH is 2. The molecular formula is C24H17F2N3O7. The Hall–Kier alpha value is -4.13. The number of nitrogens with zero attached hydrogens (tertiary/aromatic N) is 2. The van der Waals surface area contributed by atoms with E-state index in [-0.39, 0.29) is 39.4 Å². The van der Waals surface area contributed by atoms with Gasteiger partial charge in [-0.2, -0.15) is 13.8 Å². The van der Waals surface area contributed by atoms with Crippen LogP contribution in [-0.4, -0.2) is 62.0 Å². The number of rotatable bonds is 4. The zero-order valence-electron chi connectivity index (χ0n) is 18.2. The SMILES string of the molecule is O=C(Nc1ccn([C@@H]2O[C@H](CO)[C@@H](O)C2(F)F)c(=O)n1)c1ccc2c(c1)C(=O)c1ccccc1C2=O. The molecule has 2 heterocycles. The van der Waals surface area contributed by atoms with Gasteiger partial charge in [-0.1, -0.05) is 24.3 Å². The highest BCUT2D eigenvalue weighted by atomic mass is 19.3. The van der Waals surface area contributed by atoms with Crippen LogP contribution < -0.4 is 11.0 Å². The van der Waals surface area contributed by atoms with Gasteiger partial charge in [-0.05, 0) is 24.3 Å². The highest BCUT2D eigenvalue weighted by molar-refractivity contribution is 6.28. The lowest BCUT2D eigenvalue weighted by Gasteiger charge is -2.21. The molecule has 0 bridgehead atoms. The van der Waals surface area contributed by atoms with Crippen LogP contribution in [0.1, 0.15) is 48.4 Å². The second-order valence-electron chi connectivity index (χ2n) is 8.25. The Morgan fingerprint density at radius 3 is 2.28 bits per heavy atom. The fraction of sp³-hybridized carbons (Fsp3) is 0.208. The smallest absolute Gasteiger partial charge is 0.351 e. The Morgan fingerprint density at radius 1 is 1.03 bits per heavy atom. The standard InChI is InChI=1S/C24H17F2N3O7/c25-24(26)20(33)16(10-30)36-22(24)29-8-7-17(28-23(29)35)27-21(34)11-5-6-14-15(9-11)19(32)13-4-2-1-3-12(13)18(14)31/h1-9,16,20,22,30,33H,10H2,(H,27,28,34,35)/t16-,20-,22-/m1/s1. The Labute approximate surface area is 200 Å². The van der Waals surface area contributed by atoms with Crippen molar-refractivity contribution in [1.82, 2.24) is 9.55 Å². The van der Waals surface area contributed by atoms with E-state index in [4.69, 9.17) is 9.84 Å². The third kappa shape index (κ3) is 3.63. The molecule has 184 valence electrons. The zero-order valence-corrected chi connectivity index (χ0v) is 18.2. The molecule has 10 nitrogen and oxygen atoms in total. The maximum atomic E-state index is 14.3. The van der Waals surface area contributed by atoms with Gasteiger partial charge in [0.15, 0.2) is 17.7 Å². The number of ketones is 2. The number of hydrogen-bond donors (Lipinski definition) is 3. The van der Waals surface area contributed by atoms with Crippen molar-refractivity contribution in [2.45, 2.75) is 24.4 Å². The lowest BCUT2D eigenvalue weighted by molar-refractivity contribution is -0.140. The van der Waals surface area contributed by atoms with Crippen LogP contribution in [-0.2, 0) is 4.74 Å². The number of nitrogens with one attached hydrogen (secondary N) is 1. The van der Waals surface area contributed by atoms with E-state index in [9.17, 15) is 33.1 Å². The topological polar surface area (TPSA) is 148 Å². The number of carbonyl (C=O) groups is 3. The average Bonchev–Trinajstić information content (AvgIpc) is 3.10. The van der Waals surface area contributed by atoms with Crippen molar-refractivity contribution in [1.29, 1.82) is 0 Å². The molecule has 36 heavy (non-hydrogen) atoms. The number of amides is 1. The first-order valence-corrected chi connectivity index (χ1v) is 10.7. The van der Waals surface area contributed by atoms with Gasteiger partial charge in [0.25, 0.3) is 5.91 Å². The van der Waals surface area contributed by atoms with Crippen LogP contribution in [0.2, 0.25) is 0 Å². The van der Waals surface area contributed by atoms with E-state index in [1.165, 1.54) is 24.3 Å². The second kappa shape index (κ2) is 8.52. The van der Waals surface area contributed by atoms with Crippen molar-refractivity contribution in [2.24, 2.45) is 0 Å². The highest BCUT2D eigenvalue weighted by Crippen LogP contribution is 2.42. The van der Waals surface area contributed by atoms with E-state index in [0.29, 0.717) is 4.57 Å². The summed E-state index contributed by atoms with van der Waals surface area (Å²) in [6, 6.07) is 11.3. The van der Waals surface area contributed by atoms with Gasteiger partial charge in [0.1, 0.15) is 11.9 Å². The van der Waals surface area contributed by atoms with Crippen molar-refractivity contribution < 1.29 is 38.1 Å². The summed E-state index contributed by atoms with van der Waals surface area (Å²) in [5, 5.41) is 21.1. The van der Waals surface area contributed by atoms with Crippen LogP contribution in [0.15, 0.2) is 59.5 Å².